The number of para-hydroxylation sites is 1. The molecule has 74 heavy (non-hydrogen) atoms. The molecule has 1 saturated heterocycles. The van der Waals surface area contributed by atoms with E-state index in [2.05, 4.69) is 225 Å². The second kappa shape index (κ2) is 31.3. The molecule has 378 valence electrons. The molecule has 3 aromatic heterocycles. The van der Waals surface area contributed by atoms with Crippen molar-refractivity contribution in [1.29, 1.82) is 0 Å². The first-order valence-electron chi connectivity index (χ1n) is 20.9. The maximum absolute atomic E-state index is 13.4. The second-order valence-electron chi connectivity index (χ2n) is 13.3. The molecule has 0 spiro atoms. The van der Waals surface area contributed by atoms with Crippen molar-refractivity contribution in [3.05, 3.63) is 59.6 Å². The molecule has 2 fully saturated rings. The first kappa shape index (κ1) is 53.1. The number of anilines is 2. The molecular formula is C50H52N18O6. The molecule has 24 nitrogen and oxygen atoms in total. The molecular weight excluding hydrogens is 949 g/mol. The van der Waals surface area contributed by atoms with Crippen LogP contribution in [0.5, 0.6) is 5.75 Å². The number of rotatable bonds is 9. The Morgan fingerprint density at radius 2 is 1.45 bits per heavy atom. The average Bonchev–Trinajstić information content (AvgIpc) is 4.03. The van der Waals surface area contributed by atoms with Gasteiger partial charge in [-0.1, -0.05) is 17.2 Å². The topological polar surface area (TPSA) is 293 Å². The number of carbonyl (C=O) groups is 1. The summed E-state index contributed by atoms with van der Waals surface area (Å²) in [7, 11) is 0. The molecule has 4 aromatic rings. The number of carbonyl (C=O) groups excluding carboxylic acids is 1. The van der Waals surface area contributed by atoms with Crippen molar-refractivity contribution in [3.63, 3.8) is 0 Å². The first-order chi connectivity index (χ1) is 36.5. The lowest BCUT2D eigenvalue weighted by molar-refractivity contribution is -0.873. The Balaban J connectivity index is -0.000000288. The van der Waals surface area contributed by atoms with Gasteiger partial charge in [-0.15, -0.1) is 11.5 Å². The summed E-state index contributed by atoms with van der Waals surface area (Å²) < 4.78 is 15.2. The summed E-state index contributed by atoms with van der Waals surface area (Å²) in [5.41, 5.74) is 4.46. The molecule has 4 N–H and O–H groups in total. The van der Waals surface area contributed by atoms with Gasteiger partial charge in [-0.25, -0.2) is 14.6 Å². The van der Waals surface area contributed by atoms with Gasteiger partial charge in [-0.2, -0.15) is 0 Å². The number of fused-ring (bicyclic) bond motifs is 3. The molecule has 1 aliphatic carbocycles. The summed E-state index contributed by atoms with van der Waals surface area (Å²) >= 11 is 0. The van der Waals surface area contributed by atoms with Crippen LogP contribution in [-0.2, 0) is 16.3 Å². The van der Waals surface area contributed by atoms with Crippen molar-refractivity contribution in [2.75, 3.05) is 43.1 Å². The molecule has 5 heterocycles. The van der Waals surface area contributed by atoms with E-state index in [0.717, 1.165) is 35.7 Å². The van der Waals surface area contributed by atoms with E-state index in [1.165, 1.54) is 12.8 Å². The Hall–Kier alpha value is -11.8. The van der Waals surface area contributed by atoms with Crippen LogP contribution in [0.15, 0.2) is 79.5 Å². The van der Waals surface area contributed by atoms with Gasteiger partial charge in [-0.05, 0) is 148 Å². The number of hydrogen-bond acceptors (Lipinski definition) is 13. The predicted molar refractivity (Wildman–Crippen MR) is 283 cm³/mol. The summed E-state index contributed by atoms with van der Waals surface area (Å²) in [6, 6.07) is 7.34. The SMILES string of the molecule is C#CC#CC#CC#CC#CC#CC#CC#CC#CC#CC#CC#CC.NN=NN=NN=NN=[N+]([O-])OO.O=C(Nc1cccc2c1OCCn1nnnc1-2)c1cc(-n2cnc(C3CC3)c2)c(N2CCOCC2)cn1.[HH].[HH].[HH].[HH].[HH].[HH].[HH].[HH].[HH].[HH]. The normalized spacial score (nSPS) is 12.0. The van der Waals surface area contributed by atoms with Gasteiger partial charge in [0, 0.05) is 85.4 Å². The van der Waals surface area contributed by atoms with E-state index in [4.69, 9.17) is 21.2 Å². The van der Waals surface area contributed by atoms with Gasteiger partial charge >= 0.3 is 0 Å². The van der Waals surface area contributed by atoms with Crippen LogP contribution in [0.4, 0.5) is 11.4 Å². The van der Waals surface area contributed by atoms with E-state index in [1.807, 2.05) is 29.1 Å². The number of tetrazole rings is 1. The number of benzene rings is 1. The summed E-state index contributed by atoms with van der Waals surface area (Å²) in [6.07, 6.45) is 12.9. The van der Waals surface area contributed by atoms with Crippen LogP contribution in [0, 0.1) is 148 Å². The highest BCUT2D eigenvalue weighted by molar-refractivity contribution is 6.05. The van der Waals surface area contributed by atoms with Crippen LogP contribution in [0.25, 0.3) is 17.1 Å². The van der Waals surface area contributed by atoms with Gasteiger partial charge in [0.15, 0.2) is 11.6 Å². The van der Waals surface area contributed by atoms with Crippen molar-refractivity contribution in [1.82, 2.24) is 34.7 Å². The lowest BCUT2D eigenvalue weighted by Crippen LogP contribution is -2.37. The van der Waals surface area contributed by atoms with E-state index in [9.17, 15) is 10.0 Å². The van der Waals surface area contributed by atoms with Gasteiger partial charge in [0.2, 0.25) is 10.4 Å². The molecule has 0 atom stereocenters. The van der Waals surface area contributed by atoms with Gasteiger partial charge in [0.25, 0.3) is 5.91 Å². The fourth-order valence-corrected chi connectivity index (χ4v) is 5.65. The van der Waals surface area contributed by atoms with Crippen molar-refractivity contribution in [2.45, 2.75) is 32.2 Å². The zero-order valence-electron chi connectivity index (χ0n) is 38.6. The maximum Gasteiger partial charge on any atom is 0.274 e. The number of morpholine rings is 1. The minimum atomic E-state index is -0.622. The summed E-state index contributed by atoms with van der Waals surface area (Å²) in [6.45, 7) is 5.43. The third-order valence-electron chi connectivity index (χ3n) is 8.75. The number of nitrogens with one attached hydrogen (secondary N) is 1. The van der Waals surface area contributed by atoms with Crippen molar-refractivity contribution in [2.24, 2.45) is 42.4 Å². The Kier molecular flexibility index (Phi) is 22.4. The number of nitrogens with two attached hydrogens (primary N) is 1. The number of ether oxygens (including phenoxy) is 2. The number of amides is 1. The molecule has 0 radical (unpaired) electrons. The fraction of sp³-hybridized carbons (Fsp3) is 0.200. The van der Waals surface area contributed by atoms with Crippen LogP contribution in [0.1, 0.15) is 56.1 Å². The molecule has 24 heteroatoms. The Morgan fingerprint density at radius 1 is 0.838 bits per heavy atom. The smallest absolute Gasteiger partial charge is 0.274 e. The standard InChI is InChI=1S/C25H25N9O3.C25H4.H3N9O3.10H2/c35-25(28-18-3-1-2-17-23(18)37-11-8-34-24(17)29-30-31-34)19-12-21(33-14-20(27-15-33)16-4-5-16)22(13-26-19)32-6-9-36-10-7-32;1-3-5-7-9-11-13-15-17-19-21-23-25-24-22-20-18-16-14-12-10-8-6-4-2;1-2-3-4-5-6-7-8-9(10)12-11;;;;;;;;;;/h1-3,12-16H,4-11H2,(H,28,35);1H,2H3;11H,(H2,1,3,5,7);10*1H. The van der Waals surface area contributed by atoms with E-state index in [1.54, 1.807) is 23.9 Å². The Morgan fingerprint density at radius 3 is 2.04 bits per heavy atom. The van der Waals surface area contributed by atoms with E-state index in [-0.39, 0.29) is 20.2 Å². The third-order valence-corrected chi connectivity index (χ3v) is 8.75. The van der Waals surface area contributed by atoms with Gasteiger partial charge in [-0.3, -0.25) is 10.1 Å². The average molecular weight is 1000 g/mol. The summed E-state index contributed by atoms with van der Waals surface area (Å²) in [5, 5.41) is 50.9. The monoisotopic (exact) mass is 1000 g/mol. The van der Waals surface area contributed by atoms with Crippen LogP contribution in [0.2, 0.25) is 0 Å². The van der Waals surface area contributed by atoms with Crippen LogP contribution in [0.3, 0.4) is 0 Å². The Bertz CT molecular complexity index is 3660. The minimum Gasteiger partial charge on any atom is -0.489 e. The van der Waals surface area contributed by atoms with Crippen LogP contribution < -0.4 is 20.8 Å². The molecule has 0 bridgehead atoms. The highest BCUT2D eigenvalue weighted by atomic mass is 17.2. The predicted octanol–water partition coefficient (Wildman–Crippen LogP) is 5.75. The summed E-state index contributed by atoms with van der Waals surface area (Å²) in [5.74, 6) is 62.7. The van der Waals surface area contributed by atoms with Gasteiger partial charge in [0.1, 0.15) is 17.5 Å². The Labute approximate surface area is 438 Å². The van der Waals surface area contributed by atoms with E-state index < -0.39 is 5.02 Å². The van der Waals surface area contributed by atoms with Gasteiger partial charge < -0.3 is 40.3 Å². The summed E-state index contributed by atoms with van der Waals surface area (Å²) in [4.78, 5) is 27.8. The quantitative estimate of drug-likeness (QED) is 0.0593. The van der Waals surface area contributed by atoms with Crippen molar-refractivity contribution in [3.8, 4) is 165 Å². The lowest BCUT2D eigenvalue weighted by Gasteiger charge is -2.30. The largest absolute Gasteiger partial charge is 0.489 e. The molecule has 1 aromatic carbocycles. The minimum absolute atomic E-state index is 0. The van der Waals surface area contributed by atoms with E-state index >= 15 is 0 Å². The van der Waals surface area contributed by atoms with Crippen molar-refractivity contribution >= 4 is 17.3 Å². The fourth-order valence-electron chi connectivity index (χ4n) is 5.65. The number of terminal acetylenes is 1. The highest BCUT2D eigenvalue weighted by Gasteiger charge is 2.27. The third kappa shape index (κ3) is 18.3. The number of pyridine rings is 1. The molecule has 7 rings (SSSR count). The highest BCUT2D eigenvalue weighted by Crippen LogP contribution is 2.40. The van der Waals surface area contributed by atoms with Crippen molar-refractivity contribution < 1.29 is 43.8 Å². The van der Waals surface area contributed by atoms with Crippen LogP contribution >= 0.6 is 0 Å². The first-order valence-corrected chi connectivity index (χ1v) is 20.9. The maximum atomic E-state index is 13.4. The molecule has 3 aliphatic rings. The number of aromatic nitrogens is 7. The zero-order valence-corrected chi connectivity index (χ0v) is 38.6. The van der Waals surface area contributed by atoms with E-state index in [0.29, 0.717) is 55.2 Å². The second-order valence-corrected chi connectivity index (χ2v) is 13.3. The molecule has 1 saturated carbocycles. The number of imidazole rings is 1. The molecule has 1 amide bonds. The molecule has 0 unspecified atom stereocenters. The zero-order chi connectivity index (χ0) is 52.3. The van der Waals surface area contributed by atoms with Gasteiger partial charge in [0.05, 0.1) is 65.6 Å². The lowest BCUT2D eigenvalue weighted by atomic mass is 10.1. The number of nitrogens with zero attached hydrogens (tertiary/aromatic N) is 16. The number of hydrogen-bond donors (Lipinski definition) is 3. The van der Waals surface area contributed by atoms with Crippen LogP contribution in [-0.4, -0.2) is 83.8 Å². The molecule has 2 aliphatic heterocycles.